The maximum Gasteiger partial charge on any atom is 0.153 e. The van der Waals surface area contributed by atoms with Gasteiger partial charge in [-0.05, 0) is 6.42 Å². The van der Waals surface area contributed by atoms with Gasteiger partial charge in [-0.25, -0.2) is 8.42 Å². The van der Waals surface area contributed by atoms with Crippen LogP contribution >= 0.6 is 0 Å². The Kier molecular flexibility index (Phi) is 3.68. The van der Waals surface area contributed by atoms with E-state index in [0.717, 1.165) is 18.8 Å². The summed E-state index contributed by atoms with van der Waals surface area (Å²) in [6.45, 7) is 1.31. The van der Waals surface area contributed by atoms with Gasteiger partial charge in [0.05, 0.1) is 17.7 Å². The number of anilines is 1. The van der Waals surface area contributed by atoms with Crippen molar-refractivity contribution in [3.8, 4) is 0 Å². The molecule has 96 valence electrons. The lowest BCUT2D eigenvalue weighted by Gasteiger charge is -2.23. The van der Waals surface area contributed by atoms with Crippen molar-refractivity contribution in [3.63, 3.8) is 0 Å². The van der Waals surface area contributed by atoms with Crippen LogP contribution in [0.1, 0.15) is 6.42 Å². The fraction of sp³-hybridized carbons (Fsp3) is 0.700. The van der Waals surface area contributed by atoms with E-state index in [0.29, 0.717) is 6.54 Å². The number of hydrogen-bond donors (Lipinski definition) is 2. The van der Waals surface area contributed by atoms with Crippen LogP contribution in [0.15, 0.2) is 12.3 Å². The minimum atomic E-state index is -2.83. The molecule has 2 rings (SSSR count). The van der Waals surface area contributed by atoms with Crippen molar-refractivity contribution >= 4 is 15.7 Å². The zero-order valence-corrected chi connectivity index (χ0v) is 10.7. The molecule has 1 fully saturated rings. The van der Waals surface area contributed by atoms with Gasteiger partial charge in [0.2, 0.25) is 0 Å². The molecular weight excluding hydrogens is 240 g/mol. The van der Waals surface area contributed by atoms with Gasteiger partial charge in [0.25, 0.3) is 0 Å². The van der Waals surface area contributed by atoms with Crippen molar-refractivity contribution < 1.29 is 8.42 Å². The van der Waals surface area contributed by atoms with E-state index < -0.39 is 9.84 Å². The highest BCUT2D eigenvalue weighted by atomic mass is 32.2. The number of nitrogens with zero attached hydrogens (tertiary/aromatic N) is 2. The van der Waals surface area contributed by atoms with Crippen LogP contribution in [0.5, 0.6) is 0 Å². The Morgan fingerprint density at radius 2 is 2.47 bits per heavy atom. The molecule has 1 unspecified atom stereocenters. The van der Waals surface area contributed by atoms with Gasteiger partial charge in [-0.2, -0.15) is 5.10 Å². The highest BCUT2D eigenvalue weighted by molar-refractivity contribution is 7.91. The molecule has 1 atom stereocenters. The van der Waals surface area contributed by atoms with Gasteiger partial charge in [-0.1, -0.05) is 0 Å². The number of aromatic nitrogens is 2. The van der Waals surface area contributed by atoms with Crippen LogP contribution in [0.2, 0.25) is 0 Å². The van der Waals surface area contributed by atoms with Crippen molar-refractivity contribution in [2.75, 3.05) is 29.9 Å². The summed E-state index contributed by atoms with van der Waals surface area (Å²) in [7, 11) is -0.965. The molecule has 17 heavy (non-hydrogen) atoms. The molecule has 7 heteroatoms. The van der Waals surface area contributed by atoms with Gasteiger partial charge in [-0.15, -0.1) is 0 Å². The highest BCUT2D eigenvalue weighted by Gasteiger charge is 2.23. The van der Waals surface area contributed by atoms with E-state index in [1.807, 2.05) is 13.1 Å². The minimum absolute atomic E-state index is 0.0643. The smallest absolute Gasteiger partial charge is 0.153 e. The van der Waals surface area contributed by atoms with E-state index in [4.69, 9.17) is 0 Å². The van der Waals surface area contributed by atoms with Crippen LogP contribution in [-0.2, 0) is 16.9 Å². The van der Waals surface area contributed by atoms with E-state index >= 15 is 0 Å². The van der Waals surface area contributed by atoms with Crippen molar-refractivity contribution in [3.05, 3.63) is 12.3 Å². The second-order valence-corrected chi connectivity index (χ2v) is 6.55. The molecule has 0 saturated carbocycles. The summed E-state index contributed by atoms with van der Waals surface area (Å²) >= 11 is 0. The molecule has 0 radical (unpaired) electrons. The van der Waals surface area contributed by atoms with Gasteiger partial charge in [-0.3, -0.25) is 4.68 Å². The maximum atomic E-state index is 11.4. The van der Waals surface area contributed by atoms with Gasteiger partial charge < -0.3 is 10.6 Å². The Morgan fingerprint density at radius 3 is 3.12 bits per heavy atom. The van der Waals surface area contributed by atoms with Crippen LogP contribution in [0.4, 0.5) is 5.82 Å². The molecule has 0 aliphatic carbocycles. The molecule has 2 heterocycles. The predicted molar refractivity (Wildman–Crippen MR) is 66.8 cm³/mol. The first-order valence-electron chi connectivity index (χ1n) is 5.72. The third-order valence-electron chi connectivity index (χ3n) is 2.92. The molecule has 1 aliphatic heterocycles. The highest BCUT2D eigenvalue weighted by Crippen LogP contribution is 2.07. The van der Waals surface area contributed by atoms with Crippen LogP contribution in [0.3, 0.4) is 0 Å². The Hall–Kier alpha value is -1.08. The third kappa shape index (κ3) is 3.44. The lowest BCUT2D eigenvalue weighted by atomic mass is 10.2. The van der Waals surface area contributed by atoms with E-state index in [1.165, 1.54) is 0 Å². The average molecular weight is 258 g/mol. The van der Waals surface area contributed by atoms with Crippen LogP contribution in [0, 0.1) is 0 Å². The monoisotopic (exact) mass is 258 g/mol. The predicted octanol–water partition coefficient (Wildman–Crippen LogP) is -0.391. The van der Waals surface area contributed by atoms with Crippen molar-refractivity contribution in [2.45, 2.75) is 12.5 Å². The molecule has 0 aromatic carbocycles. The topological polar surface area (TPSA) is 76.0 Å². The van der Waals surface area contributed by atoms with Gasteiger partial charge in [0.1, 0.15) is 5.82 Å². The van der Waals surface area contributed by atoms with Crippen LogP contribution in [-0.4, -0.2) is 48.8 Å². The summed E-state index contributed by atoms with van der Waals surface area (Å²) in [6, 6.07) is 1.96. The minimum Gasteiger partial charge on any atom is -0.370 e. The Balaban J connectivity index is 1.77. The molecule has 0 amide bonds. The number of sulfone groups is 1. The Labute approximate surface area is 101 Å². The van der Waals surface area contributed by atoms with Crippen molar-refractivity contribution in [1.82, 2.24) is 15.1 Å². The van der Waals surface area contributed by atoms with Crippen LogP contribution in [0.25, 0.3) is 0 Å². The largest absolute Gasteiger partial charge is 0.370 e. The first-order valence-corrected chi connectivity index (χ1v) is 7.55. The summed E-state index contributed by atoms with van der Waals surface area (Å²) in [4.78, 5) is 0. The lowest BCUT2D eigenvalue weighted by Crippen LogP contribution is -2.45. The Morgan fingerprint density at radius 1 is 1.65 bits per heavy atom. The molecule has 1 aliphatic rings. The average Bonchev–Trinajstić information content (AvgIpc) is 2.63. The van der Waals surface area contributed by atoms with E-state index in [9.17, 15) is 8.42 Å². The quantitative estimate of drug-likeness (QED) is 0.769. The van der Waals surface area contributed by atoms with Crippen LogP contribution < -0.4 is 10.6 Å². The number of nitrogens with one attached hydrogen (secondary N) is 2. The molecule has 1 saturated heterocycles. The summed E-state index contributed by atoms with van der Waals surface area (Å²) in [5, 5.41) is 10.5. The zero-order chi connectivity index (χ0) is 12.3. The molecule has 2 N–H and O–H groups in total. The molecule has 1 aromatic rings. The molecule has 6 nitrogen and oxygen atoms in total. The second-order valence-electron chi connectivity index (χ2n) is 4.32. The summed E-state index contributed by atoms with van der Waals surface area (Å²) in [5.74, 6) is 1.46. The fourth-order valence-electron chi connectivity index (χ4n) is 1.97. The van der Waals surface area contributed by atoms with E-state index in [1.54, 1.807) is 10.9 Å². The zero-order valence-electron chi connectivity index (χ0n) is 9.89. The molecular formula is C10H18N4O2S. The number of hydrogen-bond acceptors (Lipinski definition) is 5. The number of aryl methyl sites for hydroxylation is 1. The number of rotatable bonds is 4. The van der Waals surface area contributed by atoms with Crippen molar-refractivity contribution in [1.29, 1.82) is 0 Å². The SMILES string of the molecule is Cn1nccc1NCCC1CS(=O)(=O)CCN1. The molecule has 1 aromatic heterocycles. The summed E-state index contributed by atoms with van der Waals surface area (Å²) in [5.41, 5.74) is 0. The van der Waals surface area contributed by atoms with Gasteiger partial charge in [0.15, 0.2) is 9.84 Å². The van der Waals surface area contributed by atoms with E-state index in [2.05, 4.69) is 15.7 Å². The Bertz CT molecular complexity index is 468. The maximum absolute atomic E-state index is 11.4. The summed E-state index contributed by atoms with van der Waals surface area (Å²) < 4.78 is 24.6. The van der Waals surface area contributed by atoms with Gasteiger partial charge >= 0.3 is 0 Å². The second kappa shape index (κ2) is 5.05. The first kappa shape index (κ1) is 12.4. The third-order valence-corrected chi connectivity index (χ3v) is 4.66. The molecule has 0 spiro atoms. The van der Waals surface area contributed by atoms with Crippen molar-refractivity contribution in [2.24, 2.45) is 7.05 Å². The summed E-state index contributed by atoms with van der Waals surface area (Å²) in [6.07, 6.45) is 2.52. The normalized spacial score (nSPS) is 23.5. The fourth-order valence-corrected chi connectivity index (χ4v) is 3.47. The van der Waals surface area contributed by atoms with Gasteiger partial charge in [0, 0.05) is 32.2 Å². The lowest BCUT2D eigenvalue weighted by molar-refractivity contribution is 0.502. The first-order chi connectivity index (χ1) is 8.07. The standard InChI is InChI=1S/C10H18N4O2S/c1-14-10(3-5-13-14)12-4-2-9-8-17(15,16)7-6-11-9/h3,5,9,11-12H,2,4,6-8H2,1H3. The van der Waals surface area contributed by atoms with E-state index in [-0.39, 0.29) is 17.5 Å². The molecule has 0 bridgehead atoms.